The van der Waals surface area contributed by atoms with Crippen LogP contribution in [0.5, 0.6) is 0 Å². The highest BCUT2D eigenvalue weighted by Crippen LogP contribution is 2.07. The molecular weight excluding hydrogens is 120 g/mol. The number of aliphatic hydroxyl groups excluding tert-OH is 1. The number of hydrogen-bond acceptors (Lipinski definition) is 3. The van der Waals surface area contributed by atoms with Gasteiger partial charge in [0.2, 0.25) is 0 Å². The third-order valence-corrected chi connectivity index (χ3v) is 1.37. The van der Waals surface area contributed by atoms with E-state index in [1.165, 1.54) is 7.11 Å². The first kappa shape index (κ1) is 8.88. The van der Waals surface area contributed by atoms with Gasteiger partial charge in [0.25, 0.3) is 0 Å². The average Bonchev–Trinajstić information content (AvgIpc) is 1.89. The smallest absolute Gasteiger partial charge is 0.111 e. The van der Waals surface area contributed by atoms with E-state index in [9.17, 15) is 5.11 Å². The number of ether oxygens (including phenoxy) is 1. The van der Waals surface area contributed by atoms with E-state index in [1.54, 1.807) is 6.92 Å². The van der Waals surface area contributed by atoms with Crippen LogP contribution in [-0.2, 0) is 4.74 Å². The van der Waals surface area contributed by atoms with Crippen molar-refractivity contribution < 1.29 is 14.9 Å². The molecule has 0 saturated carbocycles. The third-order valence-electron chi connectivity index (χ3n) is 1.37. The molecule has 3 nitrogen and oxygen atoms in total. The number of hydrogen-bond donors (Lipinski definition) is 2. The largest absolute Gasteiger partial charge is 0.393 e. The molecule has 1 atom stereocenters. The number of methoxy groups -OCH3 is 1. The molecule has 9 heavy (non-hydrogen) atoms. The highest BCUT2D eigenvalue weighted by molar-refractivity contribution is 4.73. The van der Waals surface area contributed by atoms with Crippen molar-refractivity contribution in [2.45, 2.75) is 18.9 Å². The molecule has 3 heteroatoms. The van der Waals surface area contributed by atoms with Gasteiger partial charge in [-0.3, -0.25) is 0 Å². The first-order valence-corrected chi connectivity index (χ1v) is 3.00. The highest BCUT2D eigenvalue weighted by atomic mass is 16.5. The van der Waals surface area contributed by atoms with Crippen LogP contribution in [0.1, 0.15) is 13.3 Å². The first-order chi connectivity index (χ1) is 4.18. The molecule has 0 aliphatic carbocycles. The van der Waals surface area contributed by atoms with Gasteiger partial charge in [-0.05, 0) is 6.42 Å². The standard InChI is InChI=1S/C6H14O3/c1-3-6(8,4-7)5-9-2/h7-8H,3-5H2,1-2H3. The van der Waals surface area contributed by atoms with Crippen molar-refractivity contribution in [1.29, 1.82) is 0 Å². The van der Waals surface area contributed by atoms with Gasteiger partial charge in [-0.1, -0.05) is 6.92 Å². The maximum Gasteiger partial charge on any atom is 0.111 e. The Morgan fingerprint density at radius 3 is 2.22 bits per heavy atom. The lowest BCUT2D eigenvalue weighted by Crippen LogP contribution is -2.37. The molecule has 0 rings (SSSR count). The third kappa shape index (κ3) is 2.79. The predicted octanol–water partition coefficient (Wildman–Crippen LogP) is -0.234. The minimum Gasteiger partial charge on any atom is -0.393 e. The summed E-state index contributed by atoms with van der Waals surface area (Å²) in [6, 6.07) is 0. The fourth-order valence-electron chi connectivity index (χ4n) is 0.528. The summed E-state index contributed by atoms with van der Waals surface area (Å²) in [7, 11) is 1.50. The van der Waals surface area contributed by atoms with E-state index in [2.05, 4.69) is 4.74 Å². The van der Waals surface area contributed by atoms with Crippen LogP contribution in [0.15, 0.2) is 0 Å². The Morgan fingerprint density at radius 2 is 2.11 bits per heavy atom. The molecule has 0 radical (unpaired) electrons. The van der Waals surface area contributed by atoms with E-state index in [0.29, 0.717) is 6.42 Å². The molecule has 56 valence electrons. The van der Waals surface area contributed by atoms with Crippen molar-refractivity contribution in [3.05, 3.63) is 0 Å². The van der Waals surface area contributed by atoms with E-state index in [4.69, 9.17) is 5.11 Å². The summed E-state index contributed by atoms with van der Waals surface area (Å²) in [4.78, 5) is 0. The summed E-state index contributed by atoms with van der Waals surface area (Å²) in [5.74, 6) is 0. The molecule has 0 aliphatic heterocycles. The SMILES string of the molecule is CCC(O)(CO)COC. The fraction of sp³-hybridized carbons (Fsp3) is 1.00. The Hall–Kier alpha value is -0.120. The Morgan fingerprint density at radius 1 is 1.56 bits per heavy atom. The quantitative estimate of drug-likeness (QED) is 0.558. The van der Waals surface area contributed by atoms with E-state index in [0.717, 1.165) is 0 Å². The molecule has 0 aliphatic rings. The Bertz CT molecular complexity index is 68.7. The van der Waals surface area contributed by atoms with Crippen molar-refractivity contribution in [3.8, 4) is 0 Å². The Labute approximate surface area is 55.3 Å². The molecule has 2 N–H and O–H groups in total. The molecule has 0 aromatic heterocycles. The molecule has 0 spiro atoms. The number of aliphatic hydroxyl groups is 2. The second-order valence-corrected chi connectivity index (χ2v) is 2.17. The van der Waals surface area contributed by atoms with Gasteiger partial charge in [0.15, 0.2) is 0 Å². The van der Waals surface area contributed by atoms with Crippen LogP contribution < -0.4 is 0 Å². The highest BCUT2D eigenvalue weighted by Gasteiger charge is 2.22. The lowest BCUT2D eigenvalue weighted by molar-refractivity contribution is -0.0686. The van der Waals surface area contributed by atoms with Crippen LogP contribution in [0.2, 0.25) is 0 Å². The average molecular weight is 134 g/mol. The van der Waals surface area contributed by atoms with E-state index >= 15 is 0 Å². The second kappa shape index (κ2) is 3.82. The molecule has 1 unspecified atom stereocenters. The lowest BCUT2D eigenvalue weighted by Gasteiger charge is -2.22. The summed E-state index contributed by atoms with van der Waals surface area (Å²) in [6.45, 7) is 1.76. The van der Waals surface area contributed by atoms with Gasteiger partial charge in [0, 0.05) is 7.11 Å². The molecule has 0 fully saturated rings. The molecule has 0 aromatic carbocycles. The molecule has 0 amide bonds. The van der Waals surface area contributed by atoms with Gasteiger partial charge in [0.1, 0.15) is 5.60 Å². The van der Waals surface area contributed by atoms with Gasteiger partial charge in [-0.15, -0.1) is 0 Å². The minimum absolute atomic E-state index is 0.194. The van der Waals surface area contributed by atoms with Crippen molar-refractivity contribution in [1.82, 2.24) is 0 Å². The predicted molar refractivity (Wildman–Crippen MR) is 34.2 cm³/mol. The summed E-state index contributed by atoms with van der Waals surface area (Å²) in [5, 5.41) is 17.8. The van der Waals surface area contributed by atoms with Gasteiger partial charge in [-0.25, -0.2) is 0 Å². The van der Waals surface area contributed by atoms with Crippen LogP contribution in [0.25, 0.3) is 0 Å². The lowest BCUT2D eigenvalue weighted by atomic mass is 10.0. The zero-order chi connectivity index (χ0) is 7.33. The first-order valence-electron chi connectivity index (χ1n) is 3.00. The van der Waals surface area contributed by atoms with Crippen molar-refractivity contribution in [3.63, 3.8) is 0 Å². The fourth-order valence-corrected chi connectivity index (χ4v) is 0.528. The molecule has 0 saturated heterocycles. The maximum atomic E-state index is 9.25. The summed E-state index contributed by atoms with van der Waals surface area (Å²) >= 11 is 0. The van der Waals surface area contributed by atoms with E-state index < -0.39 is 5.60 Å². The molecule has 0 aromatic rings. The van der Waals surface area contributed by atoms with Crippen LogP contribution >= 0.6 is 0 Å². The Kier molecular flexibility index (Phi) is 3.77. The van der Waals surface area contributed by atoms with E-state index in [1.807, 2.05) is 0 Å². The van der Waals surface area contributed by atoms with Gasteiger partial charge < -0.3 is 14.9 Å². The number of rotatable bonds is 4. The monoisotopic (exact) mass is 134 g/mol. The van der Waals surface area contributed by atoms with Crippen molar-refractivity contribution in [2.24, 2.45) is 0 Å². The second-order valence-electron chi connectivity index (χ2n) is 2.17. The normalized spacial score (nSPS) is 17.3. The van der Waals surface area contributed by atoms with Crippen molar-refractivity contribution in [2.75, 3.05) is 20.3 Å². The molecular formula is C6H14O3. The molecule has 0 bridgehead atoms. The minimum atomic E-state index is -1.03. The molecule has 0 heterocycles. The topological polar surface area (TPSA) is 49.7 Å². The van der Waals surface area contributed by atoms with Crippen LogP contribution in [0.4, 0.5) is 0 Å². The van der Waals surface area contributed by atoms with Gasteiger partial charge >= 0.3 is 0 Å². The zero-order valence-electron chi connectivity index (χ0n) is 5.92. The van der Waals surface area contributed by atoms with Crippen LogP contribution in [-0.4, -0.2) is 36.1 Å². The van der Waals surface area contributed by atoms with Gasteiger partial charge in [0.05, 0.1) is 13.2 Å². The summed E-state index contributed by atoms with van der Waals surface area (Å²) < 4.78 is 4.68. The van der Waals surface area contributed by atoms with Gasteiger partial charge in [-0.2, -0.15) is 0 Å². The van der Waals surface area contributed by atoms with Crippen LogP contribution in [0, 0.1) is 0 Å². The zero-order valence-corrected chi connectivity index (χ0v) is 5.92. The van der Waals surface area contributed by atoms with Crippen molar-refractivity contribution >= 4 is 0 Å². The Balaban J connectivity index is 3.62. The summed E-state index contributed by atoms with van der Waals surface area (Å²) in [5.41, 5.74) is -1.03. The van der Waals surface area contributed by atoms with Crippen LogP contribution in [0.3, 0.4) is 0 Å². The van der Waals surface area contributed by atoms with E-state index in [-0.39, 0.29) is 13.2 Å². The summed E-state index contributed by atoms with van der Waals surface area (Å²) in [6.07, 6.45) is 0.511. The maximum absolute atomic E-state index is 9.25.